The second-order valence-corrected chi connectivity index (χ2v) is 3.30. The van der Waals surface area contributed by atoms with Crippen LogP contribution in [0, 0.1) is 0 Å². The quantitative estimate of drug-likeness (QED) is 0.579. The monoisotopic (exact) mass is 171 g/mol. The molecule has 1 saturated heterocycles. The van der Waals surface area contributed by atoms with E-state index in [1.807, 2.05) is 13.8 Å². The fraction of sp³-hybridized carbons (Fsp3) is 0.875. The Morgan fingerprint density at radius 1 is 1.75 bits per heavy atom. The third kappa shape index (κ3) is 2.19. The molecule has 0 bridgehead atoms. The summed E-state index contributed by atoms with van der Waals surface area (Å²) in [7, 11) is 0. The van der Waals surface area contributed by atoms with Gasteiger partial charge in [-0.25, -0.2) is 0 Å². The second-order valence-electron chi connectivity index (χ2n) is 3.30. The minimum Gasteiger partial charge on any atom is -0.396 e. The van der Waals surface area contributed by atoms with Crippen molar-refractivity contribution in [3.63, 3.8) is 0 Å². The molecule has 0 radical (unpaired) electrons. The lowest BCUT2D eigenvalue weighted by Crippen LogP contribution is -2.55. The lowest BCUT2D eigenvalue weighted by Gasteiger charge is -2.30. The second kappa shape index (κ2) is 3.87. The minimum atomic E-state index is -0.291. The predicted molar refractivity (Wildman–Crippen MR) is 49.1 cm³/mol. The highest BCUT2D eigenvalue weighted by Gasteiger charge is 2.29. The molecule has 0 amide bonds. The number of oxime groups is 1. The van der Waals surface area contributed by atoms with Crippen LogP contribution in [0.25, 0.3) is 0 Å². The summed E-state index contributed by atoms with van der Waals surface area (Å²) in [5.74, 6) is 0. The fourth-order valence-electron chi connectivity index (χ4n) is 1.18. The number of nitrogens with zero attached hydrogens (tertiary/aromatic N) is 1. The first-order chi connectivity index (χ1) is 5.67. The molecule has 1 aliphatic heterocycles. The van der Waals surface area contributed by atoms with Gasteiger partial charge in [0.05, 0.1) is 11.3 Å². The Bertz CT molecular complexity index is 177. The highest BCUT2D eigenvalue weighted by Crippen LogP contribution is 2.11. The maximum absolute atomic E-state index is 6.01. The number of hydrogen-bond acceptors (Lipinski definition) is 4. The van der Waals surface area contributed by atoms with E-state index in [0.29, 0.717) is 6.61 Å². The molecule has 1 unspecified atom stereocenters. The van der Waals surface area contributed by atoms with E-state index >= 15 is 0 Å². The van der Waals surface area contributed by atoms with Gasteiger partial charge >= 0.3 is 0 Å². The van der Waals surface area contributed by atoms with E-state index in [-0.39, 0.29) is 5.54 Å². The molecule has 12 heavy (non-hydrogen) atoms. The third-order valence-electron chi connectivity index (χ3n) is 2.08. The number of nitrogens with two attached hydrogens (primary N) is 1. The largest absolute Gasteiger partial charge is 0.396 e. The Kier molecular flexibility index (Phi) is 3.05. The highest BCUT2D eigenvalue weighted by molar-refractivity contribution is 5.94. The van der Waals surface area contributed by atoms with Gasteiger partial charge in [-0.05, 0) is 26.8 Å². The van der Waals surface area contributed by atoms with Gasteiger partial charge in [-0.15, -0.1) is 0 Å². The zero-order chi connectivity index (χ0) is 9.03. The Morgan fingerprint density at radius 2 is 2.50 bits per heavy atom. The van der Waals surface area contributed by atoms with E-state index in [9.17, 15) is 0 Å². The molecule has 0 aliphatic carbocycles. The van der Waals surface area contributed by atoms with Crippen molar-refractivity contribution in [2.45, 2.75) is 25.8 Å². The van der Waals surface area contributed by atoms with Gasteiger partial charge in [-0.2, -0.15) is 0 Å². The SMILES string of the molecule is CCO/N=C1\CNCCC1(C)N. The summed E-state index contributed by atoms with van der Waals surface area (Å²) >= 11 is 0. The van der Waals surface area contributed by atoms with Crippen molar-refractivity contribution in [3.8, 4) is 0 Å². The van der Waals surface area contributed by atoms with Gasteiger partial charge in [0.15, 0.2) is 0 Å². The molecule has 1 rings (SSSR count). The average Bonchev–Trinajstić information content (AvgIpc) is 2.02. The maximum atomic E-state index is 6.01. The van der Waals surface area contributed by atoms with Crippen LogP contribution in [0.3, 0.4) is 0 Å². The molecule has 1 fully saturated rings. The summed E-state index contributed by atoms with van der Waals surface area (Å²) in [5, 5.41) is 7.19. The molecule has 1 atom stereocenters. The Morgan fingerprint density at radius 3 is 3.08 bits per heavy atom. The van der Waals surface area contributed by atoms with Crippen LogP contribution in [0.4, 0.5) is 0 Å². The van der Waals surface area contributed by atoms with Gasteiger partial charge < -0.3 is 15.9 Å². The first-order valence-electron chi connectivity index (χ1n) is 4.35. The maximum Gasteiger partial charge on any atom is 0.114 e. The smallest absolute Gasteiger partial charge is 0.114 e. The van der Waals surface area contributed by atoms with E-state index in [2.05, 4.69) is 10.5 Å². The molecule has 4 heteroatoms. The molecule has 0 spiro atoms. The van der Waals surface area contributed by atoms with Crippen LogP contribution in [0.15, 0.2) is 5.16 Å². The van der Waals surface area contributed by atoms with Crippen molar-refractivity contribution in [1.82, 2.24) is 5.32 Å². The summed E-state index contributed by atoms with van der Waals surface area (Å²) in [4.78, 5) is 4.98. The molecule has 0 aromatic carbocycles. The van der Waals surface area contributed by atoms with Gasteiger partial charge in [0, 0.05) is 6.54 Å². The zero-order valence-electron chi connectivity index (χ0n) is 7.76. The van der Waals surface area contributed by atoms with Crippen LogP contribution in [-0.4, -0.2) is 30.9 Å². The molecule has 3 N–H and O–H groups in total. The van der Waals surface area contributed by atoms with Gasteiger partial charge in [0.25, 0.3) is 0 Å². The Balaban J connectivity index is 2.59. The average molecular weight is 171 g/mol. The topological polar surface area (TPSA) is 59.6 Å². The van der Waals surface area contributed by atoms with Crippen LogP contribution < -0.4 is 11.1 Å². The van der Waals surface area contributed by atoms with Crippen molar-refractivity contribution >= 4 is 5.71 Å². The number of hydrogen-bond donors (Lipinski definition) is 2. The third-order valence-corrected chi connectivity index (χ3v) is 2.08. The zero-order valence-corrected chi connectivity index (χ0v) is 7.76. The first kappa shape index (κ1) is 9.48. The molecular weight excluding hydrogens is 154 g/mol. The Labute approximate surface area is 73.1 Å². The van der Waals surface area contributed by atoms with E-state index in [0.717, 1.165) is 25.2 Å². The fourth-order valence-corrected chi connectivity index (χ4v) is 1.18. The van der Waals surface area contributed by atoms with Crippen LogP contribution in [0.1, 0.15) is 20.3 Å². The van der Waals surface area contributed by atoms with E-state index in [1.54, 1.807) is 0 Å². The van der Waals surface area contributed by atoms with Crippen LogP contribution >= 0.6 is 0 Å². The minimum absolute atomic E-state index is 0.291. The lowest BCUT2D eigenvalue weighted by molar-refractivity contribution is 0.155. The summed E-state index contributed by atoms with van der Waals surface area (Å²) < 4.78 is 0. The molecule has 70 valence electrons. The van der Waals surface area contributed by atoms with Gasteiger partial charge in [-0.1, -0.05) is 5.16 Å². The van der Waals surface area contributed by atoms with Gasteiger partial charge in [-0.3, -0.25) is 0 Å². The normalized spacial score (nSPS) is 33.8. The van der Waals surface area contributed by atoms with Crippen molar-refractivity contribution in [3.05, 3.63) is 0 Å². The molecule has 1 aliphatic rings. The molecule has 0 saturated carbocycles. The molecule has 0 aromatic rings. The molecule has 0 aromatic heterocycles. The first-order valence-corrected chi connectivity index (χ1v) is 4.35. The molecular formula is C8H17N3O. The van der Waals surface area contributed by atoms with Gasteiger partial charge in [0.1, 0.15) is 6.61 Å². The summed E-state index contributed by atoms with van der Waals surface area (Å²) in [6, 6.07) is 0. The summed E-state index contributed by atoms with van der Waals surface area (Å²) in [5.41, 5.74) is 6.63. The highest BCUT2D eigenvalue weighted by atomic mass is 16.6. The summed E-state index contributed by atoms with van der Waals surface area (Å²) in [6.07, 6.45) is 0.916. The van der Waals surface area contributed by atoms with Crippen molar-refractivity contribution < 1.29 is 4.84 Å². The van der Waals surface area contributed by atoms with E-state index in [1.165, 1.54) is 0 Å². The number of piperidine rings is 1. The Hall–Kier alpha value is -0.610. The van der Waals surface area contributed by atoms with E-state index in [4.69, 9.17) is 10.6 Å². The number of rotatable bonds is 2. The molecule has 4 nitrogen and oxygen atoms in total. The molecule has 1 heterocycles. The van der Waals surface area contributed by atoms with Crippen LogP contribution in [0.5, 0.6) is 0 Å². The predicted octanol–water partition coefficient (Wildman–Crippen LogP) is 0.0896. The van der Waals surface area contributed by atoms with Crippen LogP contribution in [0.2, 0.25) is 0 Å². The van der Waals surface area contributed by atoms with Crippen molar-refractivity contribution in [2.75, 3.05) is 19.7 Å². The van der Waals surface area contributed by atoms with E-state index < -0.39 is 0 Å². The lowest BCUT2D eigenvalue weighted by atomic mass is 9.90. The van der Waals surface area contributed by atoms with Crippen molar-refractivity contribution in [2.24, 2.45) is 10.9 Å². The summed E-state index contributed by atoms with van der Waals surface area (Å²) in [6.45, 7) is 6.20. The van der Waals surface area contributed by atoms with Crippen LogP contribution in [-0.2, 0) is 4.84 Å². The number of nitrogens with one attached hydrogen (secondary N) is 1. The standard InChI is InChI=1S/C8H17N3O/c1-3-12-11-7-6-10-5-4-8(7,2)9/h10H,3-6,9H2,1-2H3/b11-7+. The van der Waals surface area contributed by atoms with Crippen molar-refractivity contribution in [1.29, 1.82) is 0 Å². The van der Waals surface area contributed by atoms with Gasteiger partial charge in [0.2, 0.25) is 0 Å².